The third kappa shape index (κ3) is 3.79. The van der Waals surface area contributed by atoms with E-state index in [0.29, 0.717) is 17.3 Å². The second-order valence-electron chi connectivity index (χ2n) is 6.07. The standard InChI is InChI=1S/C20H15ClFN5O/c21-13-1-3-15(4-2-13)27-20(28)17-9-14(22)11-26-19(17)25-10-12-5-7-23-18-16(12)6-8-24-18/h1-9,11H,10H2,(H,23,24)(H,25,26)(H,27,28). The van der Waals surface area contributed by atoms with E-state index in [1.54, 1.807) is 30.5 Å². The van der Waals surface area contributed by atoms with Crippen molar-refractivity contribution < 1.29 is 9.18 Å². The normalized spacial score (nSPS) is 10.8. The first kappa shape index (κ1) is 17.9. The summed E-state index contributed by atoms with van der Waals surface area (Å²) in [7, 11) is 0. The Morgan fingerprint density at radius 3 is 2.79 bits per heavy atom. The minimum Gasteiger partial charge on any atom is -0.365 e. The quantitative estimate of drug-likeness (QED) is 0.460. The predicted molar refractivity (Wildman–Crippen MR) is 107 cm³/mol. The van der Waals surface area contributed by atoms with Gasteiger partial charge in [0.2, 0.25) is 0 Å². The molecule has 0 spiro atoms. The first-order valence-electron chi connectivity index (χ1n) is 8.47. The van der Waals surface area contributed by atoms with E-state index in [1.165, 1.54) is 0 Å². The average Bonchev–Trinajstić information content (AvgIpc) is 3.18. The highest BCUT2D eigenvalue weighted by Gasteiger charge is 2.15. The number of benzene rings is 1. The Morgan fingerprint density at radius 2 is 1.96 bits per heavy atom. The minimum atomic E-state index is -0.594. The number of pyridine rings is 2. The van der Waals surface area contributed by atoms with Gasteiger partial charge in [0.15, 0.2) is 0 Å². The Kier molecular flexibility index (Phi) is 4.90. The molecule has 1 aromatic carbocycles. The van der Waals surface area contributed by atoms with E-state index in [2.05, 4.69) is 25.6 Å². The van der Waals surface area contributed by atoms with Crippen molar-refractivity contribution in [3.05, 3.63) is 83.0 Å². The lowest BCUT2D eigenvalue weighted by molar-refractivity contribution is 0.102. The molecule has 4 aromatic rings. The number of aromatic amines is 1. The first-order chi connectivity index (χ1) is 13.6. The summed E-state index contributed by atoms with van der Waals surface area (Å²) < 4.78 is 13.7. The lowest BCUT2D eigenvalue weighted by Gasteiger charge is -2.12. The van der Waals surface area contributed by atoms with Crippen molar-refractivity contribution in [1.29, 1.82) is 0 Å². The summed E-state index contributed by atoms with van der Waals surface area (Å²) in [4.78, 5) is 24.0. The van der Waals surface area contributed by atoms with E-state index in [4.69, 9.17) is 11.6 Å². The van der Waals surface area contributed by atoms with Gasteiger partial charge in [0.25, 0.3) is 5.91 Å². The van der Waals surface area contributed by atoms with Crippen LogP contribution < -0.4 is 10.6 Å². The lowest BCUT2D eigenvalue weighted by Crippen LogP contribution is -2.16. The van der Waals surface area contributed by atoms with Gasteiger partial charge in [-0.15, -0.1) is 0 Å². The molecular weight excluding hydrogens is 381 g/mol. The number of hydrogen-bond acceptors (Lipinski definition) is 4. The fraction of sp³-hybridized carbons (Fsp3) is 0.0500. The summed E-state index contributed by atoms with van der Waals surface area (Å²) in [6.45, 7) is 0.400. The van der Waals surface area contributed by atoms with Gasteiger partial charge in [0.1, 0.15) is 17.3 Å². The second kappa shape index (κ2) is 7.66. The van der Waals surface area contributed by atoms with Crippen LogP contribution in [0.1, 0.15) is 15.9 Å². The van der Waals surface area contributed by atoms with Crippen LogP contribution in [0.4, 0.5) is 15.9 Å². The van der Waals surface area contributed by atoms with Crippen molar-refractivity contribution in [2.45, 2.75) is 6.54 Å². The Balaban J connectivity index is 1.56. The molecule has 28 heavy (non-hydrogen) atoms. The molecular formula is C20H15ClFN5O. The molecule has 8 heteroatoms. The molecule has 0 aliphatic heterocycles. The number of nitrogens with one attached hydrogen (secondary N) is 3. The second-order valence-corrected chi connectivity index (χ2v) is 6.51. The number of H-pyrrole nitrogens is 1. The van der Waals surface area contributed by atoms with Gasteiger partial charge in [0.05, 0.1) is 11.8 Å². The van der Waals surface area contributed by atoms with E-state index >= 15 is 0 Å². The zero-order valence-electron chi connectivity index (χ0n) is 14.5. The maximum Gasteiger partial charge on any atom is 0.259 e. The van der Waals surface area contributed by atoms with Crippen LogP contribution in [0.2, 0.25) is 5.02 Å². The molecule has 3 aromatic heterocycles. The molecule has 0 bridgehead atoms. The summed E-state index contributed by atoms with van der Waals surface area (Å²) in [6, 6.07) is 11.6. The first-order valence-corrected chi connectivity index (χ1v) is 8.85. The molecule has 140 valence electrons. The molecule has 4 rings (SSSR count). The molecule has 0 saturated heterocycles. The van der Waals surface area contributed by atoms with E-state index in [-0.39, 0.29) is 11.4 Å². The van der Waals surface area contributed by atoms with Crippen LogP contribution >= 0.6 is 11.6 Å². The number of carbonyl (C=O) groups excluding carboxylic acids is 1. The molecule has 0 atom stereocenters. The smallest absolute Gasteiger partial charge is 0.259 e. The molecule has 3 heterocycles. The zero-order chi connectivity index (χ0) is 19.5. The topological polar surface area (TPSA) is 82.7 Å². The monoisotopic (exact) mass is 395 g/mol. The summed E-state index contributed by atoms with van der Waals surface area (Å²) in [5.41, 5.74) is 2.40. The Hall–Kier alpha value is -3.45. The molecule has 0 aliphatic carbocycles. The van der Waals surface area contributed by atoms with Crippen molar-refractivity contribution in [3.8, 4) is 0 Å². The Labute approximate surface area is 164 Å². The molecule has 0 fully saturated rings. The van der Waals surface area contributed by atoms with Gasteiger partial charge >= 0.3 is 0 Å². The highest BCUT2D eigenvalue weighted by Crippen LogP contribution is 2.21. The summed E-state index contributed by atoms with van der Waals surface area (Å²) in [5, 5.41) is 7.35. The van der Waals surface area contributed by atoms with Crippen LogP contribution in [0, 0.1) is 5.82 Å². The highest BCUT2D eigenvalue weighted by molar-refractivity contribution is 6.30. The molecule has 0 saturated carbocycles. The molecule has 1 amide bonds. The number of amides is 1. The van der Waals surface area contributed by atoms with Crippen molar-refractivity contribution in [1.82, 2.24) is 15.0 Å². The van der Waals surface area contributed by atoms with Crippen LogP contribution in [-0.2, 0) is 6.54 Å². The third-order valence-corrected chi connectivity index (χ3v) is 4.45. The number of fused-ring (bicyclic) bond motifs is 1. The van der Waals surface area contributed by atoms with Crippen LogP contribution in [0.5, 0.6) is 0 Å². The van der Waals surface area contributed by atoms with E-state index < -0.39 is 11.7 Å². The molecule has 0 aliphatic rings. The SMILES string of the molecule is O=C(Nc1ccc(Cl)cc1)c1cc(F)cnc1NCc1ccnc2[nH]ccc12. The fourth-order valence-corrected chi connectivity index (χ4v) is 2.96. The fourth-order valence-electron chi connectivity index (χ4n) is 2.84. The van der Waals surface area contributed by atoms with Gasteiger partial charge < -0.3 is 15.6 Å². The largest absolute Gasteiger partial charge is 0.365 e. The average molecular weight is 396 g/mol. The van der Waals surface area contributed by atoms with E-state index in [0.717, 1.165) is 28.9 Å². The summed E-state index contributed by atoms with van der Waals surface area (Å²) in [6.07, 6.45) is 4.57. The van der Waals surface area contributed by atoms with Gasteiger partial charge in [-0.05, 0) is 48.0 Å². The zero-order valence-corrected chi connectivity index (χ0v) is 15.3. The Morgan fingerprint density at radius 1 is 1.14 bits per heavy atom. The number of anilines is 2. The number of hydrogen-bond donors (Lipinski definition) is 3. The van der Waals surface area contributed by atoms with Gasteiger partial charge in [-0.2, -0.15) is 0 Å². The maximum absolute atomic E-state index is 13.7. The number of carbonyl (C=O) groups is 1. The summed E-state index contributed by atoms with van der Waals surface area (Å²) >= 11 is 5.85. The maximum atomic E-state index is 13.7. The van der Waals surface area contributed by atoms with E-state index in [9.17, 15) is 9.18 Å². The van der Waals surface area contributed by atoms with Crippen LogP contribution in [0.25, 0.3) is 11.0 Å². The molecule has 6 nitrogen and oxygen atoms in total. The van der Waals surface area contributed by atoms with E-state index in [1.807, 2.05) is 18.3 Å². The lowest BCUT2D eigenvalue weighted by atomic mass is 10.1. The number of aromatic nitrogens is 3. The number of nitrogens with zero attached hydrogens (tertiary/aromatic N) is 2. The van der Waals surface area contributed by atoms with Crippen molar-refractivity contribution in [3.63, 3.8) is 0 Å². The predicted octanol–water partition coefficient (Wildman–Crippen LogP) is 4.61. The van der Waals surface area contributed by atoms with Crippen LogP contribution in [-0.4, -0.2) is 20.9 Å². The van der Waals surface area contributed by atoms with Crippen LogP contribution in [0.3, 0.4) is 0 Å². The number of halogens is 2. The third-order valence-electron chi connectivity index (χ3n) is 4.20. The van der Waals surface area contributed by atoms with Crippen molar-refractivity contribution >= 4 is 40.0 Å². The van der Waals surface area contributed by atoms with Crippen LogP contribution in [0.15, 0.2) is 61.1 Å². The number of rotatable bonds is 5. The van der Waals surface area contributed by atoms with Crippen molar-refractivity contribution in [2.75, 3.05) is 10.6 Å². The van der Waals surface area contributed by atoms with Gasteiger partial charge in [-0.1, -0.05) is 11.6 Å². The van der Waals surface area contributed by atoms with Crippen molar-refractivity contribution in [2.24, 2.45) is 0 Å². The molecule has 3 N–H and O–H groups in total. The minimum absolute atomic E-state index is 0.106. The highest BCUT2D eigenvalue weighted by atomic mass is 35.5. The summed E-state index contributed by atoms with van der Waals surface area (Å²) in [5.74, 6) is -0.782. The van der Waals surface area contributed by atoms with Gasteiger partial charge in [-0.3, -0.25) is 4.79 Å². The molecule has 0 radical (unpaired) electrons. The van der Waals surface area contributed by atoms with Gasteiger partial charge in [0, 0.05) is 35.0 Å². The molecule has 0 unspecified atom stereocenters. The Bertz CT molecular complexity index is 1140. The van der Waals surface area contributed by atoms with Gasteiger partial charge in [-0.25, -0.2) is 14.4 Å².